The molecule has 1 heterocycles. The Morgan fingerprint density at radius 2 is 1.85 bits per heavy atom. The van der Waals surface area contributed by atoms with Gasteiger partial charge in [-0.3, -0.25) is 14.4 Å². The molecule has 0 unspecified atom stereocenters. The van der Waals surface area contributed by atoms with Crippen molar-refractivity contribution in [1.29, 1.82) is 0 Å². The van der Waals surface area contributed by atoms with Gasteiger partial charge in [0, 0.05) is 36.5 Å². The van der Waals surface area contributed by atoms with Crippen LogP contribution in [0.15, 0.2) is 30.5 Å². The van der Waals surface area contributed by atoms with Gasteiger partial charge in [0.25, 0.3) is 5.91 Å². The fraction of sp³-hybridized carbons (Fsp3) is 0.421. The molecule has 2 N–H and O–H groups in total. The van der Waals surface area contributed by atoms with Crippen LogP contribution in [0.25, 0.3) is 10.9 Å². The molecule has 0 fully saturated rings. The molecule has 26 heavy (non-hydrogen) atoms. The SMILES string of the molecule is COC(=O)CCCNC(=O)COC(=O)CCCc1c[nH]c2ccccc12. The monoisotopic (exact) mass is 360 g/mol. The fourth-order valence-corrected chi connectivity index (χ4v) is 2.59. The summed E-state index contributed by atoms with van der Waals surface area (Å²) in [6, 6.07) is 8.01. The van der Waals surface area contributed by atoms with Gasteiger partial charge in [0.15, 0.2) is 6.61 Å². The van der Waals surface area contributed by atoms with E-state index in [0.717, 1.165) is 22.9 Å². The Kier molecular flexibility index (Phi) is 7.67. The van der Waals surface area contributed by atoms with Crippen LogP contribution in [0.5, 0.6) is 0 Å². The first-order valence-corrected chi connectivity index (χ1v) is 8.64. The Hall–Kier alpha value is -2.83. The number of aromatic nitrogens is 1. The summed E-state index contributed by atoms with van der Waals surface area (Å²) in [5, 5.41) is 3.75. The van der Waals surface area contributed by atoms with Crippen molar-refractivity contribution in [1.82, 2.24) is 10.3 Å². The highest BCUT2D eigenvalue weighted by atomic mass is 16.5. The Balaban J connectivity index is 1.59. The molecule has 0 atom stereocenters. The number of para-hydroxylation sites is 1. The molecule has 0 bridgehead atoms. The minimum absolute atomic E-state index is 0.240. The summed E-state index contributed by atoms with van der Waals surface area (Å²) in [5.74, 6) is -1.09. The molecule has 1 amide bonds. The van der Waals surface area contributed by atoms with E-state index < -0.39 is 5.97 Å². The second-order valence-electron chi connectivity index (χ2n) is 5.90. The third kappa shape index (κ3) is 6.23. The smallest absolute Gasteiger partial charge is 0.306 e. The van der Waals surface area contributed by atoms with Crippen LogP contribution >= 0.6 is 0 Å². The van der Waals surface area contributed by atoms with Crippen molar-refractivity contribution < 1.29 is 23.9 Å². The van der Waals surface area contributed by atoms with Crippen molar-refractivity contribution in [2.75, 3.05) is 20.3 Å². The number of aromatic amines is 1. The average molecular weight is 360 g/mol. The van der Waals surface area contributed by atoms with Gasteiger partial charge in [0.2, 0.25) is 0 Å². The zero-order valence-corrected chi connectivity index (χ0v) is 14.9. The molecule has 0 spiro atoms. The number of fused-ring (bicyclic) bond motifs is 1. The molecule has 2 aromatic rings. The third-order valence-electron chi connectivity index (χ3n) is 3.97. The molecule has 0 radical (unpaired) electrons. The highest BCUT2D eigenvalue weighted by molar-refractivity contribution is 5.83. The number of nitrogens with one attached hydrogen (secondary N) is 2. The Morgan fingerprint density at radius 1 is 1.08 bits per heavy atom. The van der Waals surface area contributed by atoms with Crippen LogP contribution in [0.3, 0.4) is 0 Å². The summed E-state index contributed by atoms with van der Waals surface area (Å²) in [4.78, 5) is 37.4. The standard InChI is InChI=1S/C19H24N2O5/c1-25-18(23)10-5-11-20-17(22)13-26-19(24)9-4-6-14-12-21-16-8-3-2-7-15(14)16/h2-3,7-8,12,21H,4-6,9-11,13H2,1H3,(H,20,22). The van der Waals surface area contributed by atoms with Crippen LogP contribution in [0.4, 0.5) is 0 Å². The minimum atomic E-state index is -0.394. The van der Waals surface area contributed by atoms with Crippen molar-refractivity contribution >= 4 is 28.7 Å². The predicted molar refractivity (Wildman–Crippen MR) is 96.5 cm³/mol. The Labute approximate surface area is 152 Å². The lowest BCUT2D eigenvalue weighted by Crippen LogP contribution is -2.29. The number of benzene rings is 1. The second kappa shape index (κ2) is 10.2. The van der Waals surface area contributed by atoms with Crippen molar-refractivity contribution in [2.45, 2.75) is 32.1 Å². The predicted octanol–water partition coefficient (Wildman–Crippen LogP) is 2.10. The summed E-state index contributed by atoms with van der Waals surface area (Å²) in [6.07, 6.45) is 4.36. The van der Waals surface area contributed by atoms with E-state index in [-0.39, 0.29) is 31.3 Å². The number of ether oxygens (including phenoxy) is 2. The van der Waals surface area contributed by atoms with Crippen LogP contribution in [0.2, 0.25) is 0 Å². The minimum Gasteiger partial charge on any atom is -0.469 e. The molecular formula is C19H24N2O5. The van der Waals surface area contributed by atoms with E-state index in [4.69, 9.17) is 4.74 Å². The lowest BCUT2D eigenvalue weighted by molar-refractivity contribution is -0.148. The van der Waals surface area contributed by atoms with Gasteiger partial charge < -0.3 is 19.8 Å². The van der Waals surface area contributed by atoms with E-state index in [1.54, 1.807) is 0 Å². The van der Waals surface area contributed by atoms with E-state index in [1.807, 2.05) is 30.5 Å². The number of amides is 1. The Bertz CT molecular complexity index is 753. The third-order valence-corrected chi connectivity index (χ3v) is 3.97. The molecule has 0 saturated heterocycles. The number of H-pyrrole nitrogens is 1. The summed E-state index contributed by atoms with van der Waals surface area (Å²) in [6.45, 7) is 0.0379. The summed E-state index contributed by atoms with van der Waals surface area (Å²) in [5.41, 5.74) is 2.24. The van der Waals surface area contributed by atoms with Gasteiger partial charge in [-0.15, -0.1) is 0 Å². The first kappa shape index (κ1) is 19.5. The molecule has 2 rings (SSSR count). The van der Waals surface area contributed by atoms with Gasteiger partial charge in [0.1, 0.15) is 0 Å². The molecule has 0 aliphatic rings. The molecule has 0 aliphatic heterocycles. The van der Waals surface area contributed by atoms with Crippen LogP contribution < -0.4 is 5.32 Å². The zero-order chi connectivity index (χ0) is 18.8. The van der Waals surface area contributed by atoms with Crippen LogP contribution in [0, 0.1) is 0 Å². The van der Waals surface area contributed by atoms with Crippen molar-refractivity contribution in [3.8, 4) is 0 Å². The first-order chi connectivity index (χ1) is 12.6. The number of rotatable bonds is 10. The molecule has 140 valence electrons. The summed E-state index contributed by atoms with van der Waals surface area (Å²) in [7, 11) is 1.32. The maximum atomic E-state index is 11.7. The molecule has 1 aromatic heterocycles. The summed E-state index contributed by atoms with van der Waals surface area (Å²) < 4.78 is 9.46. The lowest BCUT2D eigenvalue weighted by Gasteiger charge is -2.06. The van der Waals surface area contributed by atoms with Crippen LogP contribution in [-0.4, -0.2) is 43.1 Å². The molecule has 0 aliphatic carbocycles. The quantitative estimate of drug-likeness (QED) is 0.499. The lowest BCUT2D eigenvalue weighted by atomic mass is 10.1. The average Bonchev–Trinajstić information content (AvgIpc) is 3.06. The van der Waals surface area contributed by atoms with E-state index >= 15 is 0 Å². The molecule has 7 heteroatoms. The van der Waals surface area contributed by atoms with E-state index in [0.29, 0.717) is 19.4 Å². The van der Waals surface area contributed by atoms with Crippen molar-refractivity contribution in [2.24, 2.45) is 0 Å². The number of esters is 2. The van der Waals surface area contributed by atoms with Gasteiger partial charge in [0.05, 0.1) is 7.11 Å². The molecule has 1 aromatic carbocycles. The van der Waals surface area contributed by atoms with Gasteiger partial charge in [-0.05, 0) is 30.9 Å². The van der Waals surface area contributed by atoms with E-state index in [2.05, 4.69) is 15.0 Å². The number of carbonyl (C=O) groups excluding carboxylic acids is 3. The van der Waals surface area contributed by atoms with Crippen molar-refractivity contribution in [3.05, 3.63) is 36.0 Å². The molecular weight excluding hydrogens is 336 g/mol. The van der Waals surface area contributed by atoms with E-state index in [1.165, 1.54) is 7.11 Å². The van der Waals surface area contributed by atoms with Crippen molar-refractivity contribution in [3.63, 3.8) is 0 Å². The topological polar surface area (TPSA) is 97.5 Å². The van der Waals surface area contributed by atoms with Gasteiger partial charge in [-0.1, -0.05) is 18.2 Å². The maximum absolute atomic E-state index is 11.7. The van der Waals surface area contributed by atoms with Gasteiger partial charge >= 0.3 is 11.9 Å². The second-order valence-corrected chi connectivity index (χ2v) is 5.90. The Morgan fingerprint density at radius 3 is 2.65 bits per heavy atom. The van der Waals surface area contributed by atoms with Gasteiger partial charge in [-0.2, -0.15) is 0 Å². The van der Waals surface area contributed by atoms with Gasteiger partial charge in [-0.25, -0.2) is 0 Å². The van der Waals surface area contributed by atoms with Crippen LogP contribution in [0.1, 0.15) is 31.2 Å². The van der Waals surface area contributed by atoms with Crippen LogP contribution in [-0.2, 0) is 30.3 Å². The fourth-order valence-electron chi connectivity index (χ4n) is 2.59. The first-order valence-electron chi connectivity index (χ1n) is 8.64. The molecule has 7 nitrogen and oxygen atoms in total. The normalized spacial score (nSPS) is 10.5. The summed E-state index contributed by atoms with van der Waals surface area (Å²) >= 11 is 0. The zero-order valence-electron chi connectivity index (χ0n) is 14.9. The maximum Gasteiger partial charge on any atom is 0.306 e. The largest absolute Gasteiger partial charge is 0.469 e. The highest BCUT2D eigenvalue weighted by Gasteiger charge is 2.09. The van der Waals surface area contributed by atoms with E-state index in [9.17, 15) is 14.4 Å². The number of hydrogen-bond donors (Lipinski definition) is 2. The molecule has 0 saturated carbocycles. The highest BCUT2D eigenvalue weighted by Crippen LogP contribution is 2.19. The number of aryl methyl sites for hydroxylation is 1. The number of methoxy groups -OCH3 is 1. The number of hydrogen-bond acceptors (Lipinski definition) is 5. The number of carbonyl (C=O) groups is 3.